The number of benzene rings is 1. The number of hydrogen-bond donors (Lipinski definition) is 0. The molecule has 0 radical (unpaired) electrons. The number of furan rings is 1. The van der Waals surface area contributed by atoms with Gasteiger partial charge in [-0.2, -0.15) is 0 Å². The van der Waals surface area contributed by atoms with Gasteiger partial charge in [-0.15, -0.1) is 0 Å². The maximum Gasteiger partial charge on any atom is 0.265 e. The van der Waals surface area contributed by atoms with Gasteiger partial charge in [-0.25, -0.2) is 10.1 Å². The Bertz CT molecular complexity index is 901. The van der Waals surface area contributed by atoms with Crippen LogP contribution in [0.5, 0.6) is 0 Å². The largest absolute Gasteiger partial charge is 0.456 e. The van der Waals surface area contributed by atoms with Crippen LogP contribution in [-0.2, 0) is 6.54 Å². The Morgan fingerprint density at radius 2 is 2.00 bits per heavy atom. The Labute approximate surface area is 134 Å². The quantitative estimate of drug-likeness (QED) is 0.523. The molecule has 0 saturated heterocycles. The van der Waals surface area contributed by atoms with Gasteiger partial charge in [0.2, 0.25) is 0 Å². The summed E-state index contributed by atoms with van der Waals surface area (Å²) in [4.78, 5) is 3.13. The molecular formula is C19H13N3O. The molecule has 4 heteroatoms. The summed E-state index contributed by atoms with van der Waals surface area (Å²) in [7, 11) is 0. The van der Waals surface area contributed by atoms with Crippen molar-refractivity contribution in [3.63, 3.8) is 0 Å². The molecule has 2 heterocycles. The second-order valence-corrected chi connectivity index (χ2v) is 4.96. The van der Waals surface area contributed by atoms with E-state index in [1.807, 2.05) is 48.7 Å². The third kappa shape index (κ3) is 3.23. The van der Waals surface area contributed by atoms with Crippen molar-refractivity contribution in [1.29, 1.82) is 5.26 Å². The Kier molecular flexibility index (Phi) is 4.09. The highest BCUT2D eigenvalue weighted by Gasteiger charge is 2.09. The van der Waals surface area contributed by atoms with E-state index in [9.17, 15) is 0 Å². The number of nitrogens with zero attached hydrogens (tertiary/aromatic N) is 3. The molecule has 0 N–H and O–H groups in total. The van der Waals surface area contributed by atoms with Gasteiger partial charge in [0, 0.05) is 12.7 Å². The second kappa shape index (κ2) is 6.51. The molecule has 0 saturated carbocycles. The van der Waals surface area contributed by atoms with E-state index in [1.54, 1.807) is 6.07 Å². The molecule has 0 amide bonds. The van der Waals surface area contributed by atoms with Gasteiger partial charge < -0.3 is 8.98 Å². The fraction of sp³-hybridized carbons (Fsp3) is 0.0526. The van der Waals surface area contributed by atoms with E-state index >= 15 is 0 Å². The van der Waals surface area contributed by atoms with Crippen molar-refractivity contribution in [3.8, 4) is 17.5 Å². The van der Waals surface area contributed by atoms with Crippen LogP contribution in [0, 0.1) is 17.9 Å². The van der Waals surface area contributed by atoms with Crippen molar-refractivity contribution < 1.29 is 4.42 Å². The maximum absolute atomic E-state index is 8.81. The normalized spacial score (nSPS) is 11.0. The van der Waals surface area contributed by atoms with Gasteiger partial charge in [-0.1, -0.05) is 30.3 Å². The topological polar surface area (TPSA) is 46.2 Å². The molecule has 0 bridgehead atoms. The van der Waals surface area contributed by atoms with Crippen molar-refractivity contribution >= 4 is 6.08 Å². The van der Waals surface area contributed by atoms with E-state index in [4.69, 9.17) is 16.3 Å². The highest BCUT2D eigenvalue weighted by molar-refractivity contribution is 5.60. The van der Waals surface area contributed by atoms with E-state index < -0.39 is 0 Å². The predicted molar refractivity (Wildman–Crippen MR) is 87.9 cm³/mol. The number of allylic oxidation sites excluding steroid dienone is 1. The molecular weight excluding hydrogens is 286 g/mol. The van der Waals surface area contributed by atoms with Gasteiger partial charge in [0.25, 0.3) is 5.70 Å². The highest BCUT2D eigenvalue weighted by Crippen LogP contribution is 2.25. The molecule has 2 aromatic heterocycles. The molecule has 1 aromatic carbocycles. The lowest BCUT2D eigenvalue weighted by Crippen LogP contribution is -1.99. The Morgan fingerprint density at radius 1 is 1.17 bits per heavy atom. The molecule has 3 aromatic rings. The molecule has 0 aliphatic rings. The van der Waals surface area contributed by atoms with Crippen LogP contribution in [0.3, 0.4) is 0 Å². The lowest BCUT2D eigenvalue weighted by molar-refractivity contribution is 0.564. The molecule has 23 heavy (non-hydrogen) atoms. The first-order valence-electron chi connectivity index (χ1n) is 7.08. The zero-order valence-corrected chi connectivity index (χ0v) is 12.3. The van der Waals surface area contributed by atoms with Gasteiger partial charge in [0.1, 0.15) is 5.76 Å². The van der Waals surface area contributed by atoms with Crippen LogP contribution in [-0.4, -0.2) is 4.57 Å². The second-order valence-electron chi connectivity index (χ2n) is 4.96. The predicted octanol–water partition coefficient (Wildman–Crippen LogP) is 4.58. The maximum atomic E-state index is 8.81. The Balaban J connectivity index is 1.89. The summed E-state index contributed by atoms with van der Waals surface area (Å²) in [6.07, 6.45) is 3.45. The van der Waals surface area contributed by atoms with E-state index in [0.717, 1.165) is 12.2 Å². The molecule has 3 rings (SSSR count). The van der Waals surface area contributed by atoms with Crippen LogP contribution in [0.2, 0.25) is 0 Å². The number of rotatable bonds is 4. The molecule has 0 aliphatic carbocycles. The first-order chi connectivity index (χ1) is 11.3. The zero-order chi connectivity index (χ0) is 16.1. The third-order valence-corrected chi connectivity index (χ3v) is 3.42. The molecule has 0 spiro atoms. The molecule has 110 valence electrons. The summed E-state index contributed by atoms with van der Waals surface area (Å²) >= 11 is 0. The average molecular weight is 299 g/mol. The number of hydrogen-bond acceptors (Lipinski definition) is 2. The van der Waals surface area contributed by atoms with E-state index in [0.29, 0.717) is 11.5 Å². The van der Waals surface area contributed by atoms with Gasteiger partial charge >= 0.3 is 0 Å². The number of nitriles is 1. The standard InChI is InChI=1S/C19H13N3O/c1-21-16(13-20)12-17-9-10-19(23-17)18-8-5-11-22(18)14-15-6-3-2-4-7-15/h2-12H,14H2/b16-12-. The minimum absolute atomic E-state index is 0.00516. The monoisotopic (exact) mass is 299 g/mol. The van der Waals surface area contributed by atoms with Gasteiger partial charge in [-0.3, -0.25) is 0 Å². The lowest BCUT2D eigenvalue weighted by Gasteiger charge is -2.07. The minimum Gasteiger partial charge on any atom is -0.456 e. The van der Waals surface area contributed by atoms with Crippen molar-refractivity contribution in [2.24, 2.45) is 0 Å². The zero-order valence-electron chi connectivity index (χ0n) is 12.3. The van der Waals surface area contributed by atoms with E-state index in [2.05, 4.69) is 21.5 Å². The van der Waals surface area contributed by atoms with Gasteiger partial charge in [-0.05, 0) is 35.9 Å². The SMILES string of the molecule is [C-]#[N+]/C(C#N)=C\c1ccc(-c2cccn2Cc2ccccc2)o1. The number of aromatic nitrogens is 1. The average Bonchev–Trinajstić information content (AvgIpc) is 3.22. The molecule has 0 aliphatic heterocycles. The summed E-state index contributed by atoms with van der Waals surface area (Å²) in [5, 5.41) is 8.81. The fourth-order valence-electron chi connectivity index (χ4n) is 2.35. The smallest absolute Gasteiger partial charge is 0.265 e. The molecule has 0 atom stereocenters. The van der Waals surface area contributed by atoms with Crippen molar-refractivity contribution in [2.75, 3.05) is 0 Å². The van der Waals surface area contributed by atoms with Crippen LogP contribution in [0.4, 0.5) is 0 Å². The van der Waals surface area contributed by atoms with Crippen LogP contribution < -0.4 is 0 Å². The van der Waals surface area contributed by atoms with Crippen molar-refractivity contribution in [1.82, 2.24) is 4.57 Å². The third-order valence-electron chi connectivity index (χ3n) is 3.42. The fourth-order valence-corrected chi connectivity index (χ4v) is 2.35. The first-order valence-corrected chi connectivity index (χ1v) is 7.08. The van der Waals surface area contributed by atoms with Crippen molar-refractivity contribution in [2.45, 2.75) is 6.54 Å². The van der Waals surface area contributed by atoms with Gasteiger partial charge in [0.05, 0.1) is 18.3 Å². The van der Waals surface area contributed by atoms with Gasteiger partial charge in [0.15, 0.2) is 5.76 Å². The Hall–Kier alpha value is -3.50. The summed E-state index contributed by atoms with van der Waals surface area (Å²) in [5.41, 5.74) is 2.16. The molecule has 0 fully saturated rings. The van der Waals surface area contributed by atoms with Crippen molar-refractivity contribution in [3.05, 3.63) is 89.2 Å². The molecule has 0 unspecified atom stereocenters. The molecule has 4 nitrogen and oxygen atoms in total. The van der Waals surface area contributed by atoms with Crippen LogP contribution in [0.15, 0.2) is 70.9 Å². The van der Waals surface area contributed by atoms with Crippen LogP contribution >= 0.6 is 0 Å². The Morgan fingerprint density at radius 3 is 2.74 bits per heavy atom. The summed E-state index contributed by atoms with van der Waals surface area (Å²) in [6.45, 7) is 7.65. The summed E-state index contributed by atoms with van der Waals surface area (Å²) in [5.74, 6) is 1.21. The summed E-state index contributed by atoms with van der Waals surface area (Å²) < 4.78 is 7.85. The van der Waals surface area contributed by atoms with Crippen LogP contribution in [0.1, 0.15) is 11.3 Å². The minimum atomic E-state index is 0.00516. The van der Waals surface area contributed by atoms with Crippen LogP contribution in [0.25, 0.3) is 22.4 Å². The van der Waals surface area contributed by atoms with E-state index in [1.165, 1.54) is 11.6 Å². The summed E-state index contributed by atoms with van der Waals surface area (Å²) in [6, 6.07) is 19.6. The highest BCUT2D eigenvalue weighted by atomic mass is 16.3. The first kappa shape index (κ1) is 14.4. The lowest BCUT2D eigenvalue weighted by atomic mass is 10.2. The van der Waals surface area contributed by atoms with E-state index in [-0.39, 0.29) is 5.70 Å².